The van der Waals surface area contributed by atoms with Crippen LogP contribution in [0.5, 0.6) is 11.5 Å². The molecule has 0 aromatic heterocycles. The molecule has 21 heavy (non-hydrogen) atoms. The zero-order chi connectivity index (χ0) is 14.8. The second kappa shape index (κ2) is 5.96. The van der Waals surface area contributed by atoms with Gasteiger partial charge in [0.05, 0.1) is 6.61 Å². The summed E-state index contributed by atoms with van der Waals surface area (Å²) in [7, 11) is 0. The summed E-state index contributed by atoms with van der Waals surface area (Å²) in [6.45, 7) is 4.74. The Balaban J connectivity index is 1.81. The van der Waals surface area contributed by atoms with Crippen molar-refractivity contribution in [3.8, 4) is 11.5 Å². The van der Waals surface area contributed by atoms with Gasteiger partial charge in [0.1, 0.15) is 0 Å². The average Bonchev–Trinajstić information content (AvgIpc) is 2.91. The van der Waals surface area contributed by atoms with Gasteiger partial charge in [0, 0.05) is 6.42 Å². The highest BCUT2D eigenvalue weighted by molar-refractivity contribution is 5.69. The Morgan fingerprint density at radius 3 is 2.90 bits per heavy atom. The molecule has 0 saturated heterocycles. The molecule has 4 heteroatoms. The van der Waals surface area contributed by atoms with Crippen molar-refractivity contribution in [1.82, 2.24) is 0 Å². The zero-order valence-corrected chi connectivity index (χ0v) is 12.7. The maximum Gasteiger partial charge on any atom is 0.306 e. The quantitative estimate of drug-likeness (QED) is 0.797. The summed E-state index contributed by atoms with van der Waals surface area (Å²) in [5.74, 6) is 2.27. The molecule has 114 valence electrons. The van der Waals surface area contributed by atoms with Gasteiger partial charge in [-0.15, -0.1) is 0 Å². The lowest BCUT2D eigenvalue weighted by atomic mass is 9.75. The van der Waals surface area contributed by atoms with Crippen molar-refractivity contribution in [2.24, 2.45) is 5.92 Å². The van der Waals surface area contributed by atoms with Crippen LogP contribution in [0.15, 0.2) is 12.1 Å². The Morgan fingerprint density at radius 1 is 1.38 bits per heavy atom. The first-order chi connectivity index (χ1) is 10.2. The summed E-state index contributed by atoms with van der Waals surface area (Å²) in [5, 5.41) is 0. The van der Waals surface area contributed by atoms with Crippen LogP contribution in [-0.4, -0.2) is 19.4 Å². The van der Waals surface area contributed by atoms with E-state index in [9.17, 15) is 4.79 Å². The maximum absolute atomic E-state index is 11.7. The number of hydrogen-bond donors (Lipinski definition) is 0. The minimum Gasteiger partial charge on any atom is -0.466 e. The van der Waals surface area contributed by atoms with E-state index >= 15 is 0 Å². The molecule has 2 aliphatic rings. The number of ether oxygens (including phenoxy) is 3. The molecule has 0 unspecified atom stereocenters. The molecule has 0 saturated carbocycles. The van der Waals surface area contributed by atoms with Crippen molar-refractivity contribution in [1.29, 1.82) is 0 Å². The first kappa shape index (κ1) is 14.2. The predicted octanol–water partition coefficient (Wildman–Crippen LogP) is 3.42. The molecule has 1 aromatic carbocycles. The van der Waals surface area contributed by atoms with Crippen LogP contribution in [0.2, 0.25) is 0 Å². The first-order valence-corrected chi connectivity index (χ1v) is 7.77. The molecule has 0 spiro atoms. The van der Waals surface area contributed by atoms with Crippen molar-refractivity contribution in [2.45, 2.75) is 45.4 Å². The average molecular weight is 290 g/mol. The molecule has 3 rings (SSSR count). The standard InChI is InChI=1S/C17H22O4/c1-3-19-17(18)7-11(2)13-6-4-5-12-8-15-16(9-14(12)13)21-10-20-15/h8-9,11,13H,3-7,10H2,1-2H3/t11-,13+/m0/s1. The highest BCUT2D eigenvalue weighted by atomic mass is 16.7. The molecule has 0 N–H and O–H groups in total. The molecule has 1 aliphatic carbocycles. The molecule has 1 aliphatic heterocycles. The van der Waals surface area contributed by atoms with E-state index in [1.54, 1.807) is 0 Å². The van der Waals surface area contributed by atoms with Gasteiger partial charge in [-0.1, -0.05) is 6.92 Å². The molecule has 0 fully saturated rings. The normalized spacial score (nSPS) is 20.8. The molecule has 1 aromatic rings. The molecule has 4 nitrogen and oxygen atoms in total. The molecule has 0 amide bonds. The van der Waals surface area contributed by atoms with Crippen LogP contribution in [0.25, 0.3) is 0 Å². The molecule has 1 heterocycles. The Kier molecular flexibility index (Phi) is 4.04. The molecular formula is C17H22O4. The Bertz CT molecular complexity index is 538. The fourth-order valence-corrected chi connectivity index (χ4v) is 3.45. The Labute approximate surface area is 125 Å². The summed E-state index contributed by atoms with van der Waals surface area (Å²) in [4.78, 5) is 11.7. The third-order valence-electron chi connectivity index (χ3n) is 4.48. The molecular weight excluding hydrogens is 268 g/mol. The van der Waals surface area contributed by atoms with E-state index in [1.807, 2.05) is 6.92 Å². The van der Waals surface area contributed by atoms with Crippen molar-refractivity contribution < 1.29 is 19.0 Å². The molecule has 0 bridgehead atoms. The highest BCUT2D eigenvalue weighted by Crippen LogP contribution is 2.44. The minimum absolute atomic E-state index is 0.0992. The Morgan fingerprint density at radius 2 is 2.14 bits per heavy atom. The number of rotatable bonds is 4. The lowest BCUT2D eigenvalue weighted by Gasteiger charge is -2.30. The number of esters is 1. The summed E-state index contributed by atoms with van der Waals surface area (Å²) in [6.07, 6.45) is 3.83. The van der Waals surface area contributed by atoms with Crippen molar-refractivity contribution in [3.63, 3.8) is 0 Å². The topological polar surface area (TPSA) is 44.8 Å². The van der Waals surface area contributed by atoms with Gasteiger partial charge in [-0.05, 0) is 61.3 Å². The van der Waals surface area contributed by atoms with E-state index in [2.05, 4.69) is 19.1 Å². The van der Waals surface area contributed by atoms with E-state index in [-0.39, 0.29) is 11.9 Å². The van der Waals surface area contributed by atoms with Crippen molar-refractivity contribution in [2.75, 3.05) is 13.4 Å². The van der Waals surface area contributed by atoms with Crippen LogP contribution in [0.4, 0.5) is 0 Å². The second-order valence-electron chi connectivity index (χ2n) is 5.89. The van der Waals surface area contributed by atoms with E-state index in [1.165, 1.54) is 11.1 Å². The predicted molar refractivity (Wildman–Crippen MR) is 78.7 cm³/mol. The number of benzene rings is 1. The maximum atomic E-state index is 11.7. The fourth-order valence-electron chi connectivity index (χ4n) is 3.45. The number of carbonyl (C=O) groups excluding carboxylic acids is 1. The Hall–Kier alpha value is -1.71. The van der Waals surface area contributed by atoms with Gasteiger partial charge >= 0.3 is 5.97 Å². The van der Waals surface area contributed by atoms with Crippen LogP contribution < -0.4 is 9.47 Å². The van der Waals surface area contributed by atoms with Crippen LogP contribution in [0.3, 0.4) is 0 Å². The summed E-state index contributed by atoms with van der Waals surface area (Å²) in [6, 6.07) is 4.23. The third kappa shape index (κ3) is 2.85. The van der Waals surface area contributed by atoms with Crippen LogP contribution in [-0.2, 0) is 16.0 Å². The van der Waals surface area contributed by atoms with E-state index < -0.39 is 0 Å². The first-order valence-electron chi connectivity index (χ1n) is 7.77. The minimum atomic E-state index is -0.0992. The van der Waals surface area contributed by atoms with Gasteiger partial charge in [0.2, 0.25) is 6.79 Å². The van der Waals surface area contributed by atoms with E-state index in [4.69, 9.17) is 14.2 Å². The summed E-state index contributed by atoms with van der Waals surface area (Å²) >= 11 is 0. The lowest BCUT2D eigenvalue weighted by Crippen LogP contribution is -2.20. The van der Waals surface area contributed by atoms with Gasteiger partial charge in [-0.3, -0.25) is 4.79 Å². The SMILES string of the molecule is CCOC(=O)C[C@H](C)[C@H]1CCCc2cc3c(cc21)OCO3. The van der Waals surface area contributed by atoms with Crippen molar-refractivity contribution >= 4 is 5.97 Å². The number of carbonyl (C=O) groups is 1. The monoisotopic (exact) mass is 290 g/mol. The largest absolute Gasteiger partial charge is 0.466 e. The van der Waals surface area contributed by atoms with Crippen LogP contribution in [0.1, 0.15) is 50.2 Å². The summed E-state index contributed by atoms with van der Waals surface area (Å²) in [5.41, 5.74) is 2.66. The summed E-state index contributed by atoms with van der Waals surface area (Å²) < 4.78 is 16.0. The van der Waals surface area contributed by atoms with Gasteiger partial charge in [-0.2, -0.15) is 0 Å². The van der Waals surface area contributed by atoms with E-state index in [0.29, 0.717) is 25.7 Å². The number of fused-ring (bicyclic) bond motifs is 2. The highest BCUT2D eigenvalue weighted by Gasteiger charge is 2.29. The fraction of sp³-hybridized carbons (Fsp3) is 0.588. The van der Waals surface area contributed by atoms with Gasteiger partial charge in [-0.25, -0.2) is 0 Å². The van der Waals surface area contributed by atoms with Crippen LogP contribution in [0, 0.1) is 5.92 Å². The number of hydrogen-bond acceptors (Lipinski definition) is 4. The molecule has 0 radical (unpaired) electrons. The second-order valence-corrected chi connectivity index (χ2v) is 5.89. The van der Waals surface area contributed by atoms with Gasteiger partial charge in [0.15, 0.2) is 11.5 Å². The third-order valence-corrected chi connectivity index (χ3v) is 4.48. The lowest BCUT2D eigenvalue weighted by molar-refractivity contribution is -0.144. The van der Waals surface area contributed by atoms with Gasteiger partial charge < -0.3 is 14.2 Å². The van der Waals surface area contributed by atoms with Crippen LogP contribution >= 0.6 is 0 Å². The van der Waals surface area contributed by atoms with Crippen molar-refractivity contribution in [3.05, 3.63) is 23.3 Å². The van der Waals surface area contributed by atoms with Gasteiger partial charge in [0.25, 0.3) is 0 Å². The smallest absolute Gasteiger partial charge is 0.306 e. The number of aryl methyl sites for hydroxylation is 1. The molecule has 2 atom stereocenters. The zero-order valence-electron chi connectivity index (χ0n) is 12.7. The van der Waals surface area contributed by atoms with E-state index in [0.717, 1.165) is 30.8 Å².